The molecule has 7 heteroatoms. The van der Waals surface area contributed by atoms with Gasteiger partial charge in [0.05, 0.1) is 18.7 Å². The molecule has 0 spiro atoms. The van der Waals surface area contributed by atoms with Crippen molar-refractivity contribution in [2.24, 2.45) is 5.73 Å². The molecule has 1 amide bonds. The summed E-state index contributed by atoms with van der Waals surface area (Å²) in [6, 6.07) is 0. The standard InChI is InChI=1S/C10H15N3O3S/c1-2-16-10(15)5-12-8(14)3-7-6-17-9(4-11)13-7/h6H,2-5,11H2,1H3,(H,12,14). The average molecular weight is 257 g/mol. The molecule has 0 saturated carbocycles. The van der Waals surface area contributed by atoms with Gasteiger partial charge in [0.15, 0.2) is 0 Å². The number of esters is 1. The van der Waals surface area contributed by atoms with Crippen LogP contribution in [0.25, 0.3) is 0 Å². The highest BCUT2D eigenvalue weighted by atomic mass is 32.1. The highest BCUT2D eigenvalue weighted by Crippen LogP contribution is 2.08. The lowest BCUT2D eigenvalue weighted by Gasteiger charge is -2.03. The van der Waals surface area contributed by atoms with Crippen molar-refractivity contribution >= 4 is 23.2 Å². The molecule has 94 valence electrons. The van der Waals surface area contributed by atoms with Gasteiger partial charge in [-0.3, -0.25) is 9.59 Å². The number of carbonyl (C=O) groups excluding carboxylic acids is 2. The Labute approximate surface area is 103 Å². The second-order valence-electron chi connectivity index (χ2n) is 3.20. The second-order valence-corrected chi connectivity index (χ2v) is 4.14. The topological polar surface area (TPSA) is 94.3 Å². The fraction of sp³-hybridized carbons (Fsp3) is 0.500. The van der Waals surface area contributed by atoms with E-state index < -0.39 is 5.97 Å². The molecule has 1 aromatic rings. The van der Waals surface area contributed by atoms with Crippen LogP contribution in [0.1, 0.15) is 17.6 Å². The van der Waals surface area contributed by atoms with Gasteiger partial charge < -0.3 is 15.8 Å². The number of hydrogen-bond acceptors (Lipinski definition) is 6. The van der Waals surface area contributed by atoms with Crippen LogP contribution in [0.4, 0.5) is 0 Å². The molecule has 1 aromatic heterocycles. The van der Waals surface area contributed by atoms with Gasteiger partial charge >= 0.3 is 5.97 Å². The molecule has 0 aliphatic heterocycles. The van der Waals surface area contributed by atoms with Crippen LogP contribution in [-0.4, -0.2) is 30.0 Å². The molecular formula is C10H15N3O3S. The van der Waals surface area contributed by atoms with Crippen molar-refractivity contribution in [3.63, 3.8) is 0 Å². The van der Waals surface area contributed by atoms with Crippen molar-refractivity contribution in [2.75, 3.05) is 13.2 Å². The van der Waals surface area contributed by atoms with Gasteiger partial charge in [-0.1, -0.05) is 0 Å². The van der Waals surface area contributed by atoms with E-state index >= 15 is 0 Å². The first kappa shape index (κ1) is 13.6. The SMILES string of the molecule is CCOC(=O)CNC(=O)Cc1csc(CN)n1. The van der Waals surface area contributed by atoms with E-state index in [9.17, 15) is 9.59 Å². The first-order chi connectivity index (χ1) is 8.15. The summed E-state index contributed by atoms with van der Waals surface area (Å²) in [5.41, 5.74) is 6.08. The zero-order valence-electron chi connectivity index (χ0n) is 9.56. The van der Waals surface area contributed by atoms with Crippen LogP contribution >= 0.6 is 11.3 Å². The molecule has 6 nitrogen and oxygen atoms in total. The van der Waals surface area contributed by atoms with Crippen LogP contribution in [0.3, 0.4) is 0 Å². The van der Waals surface area contributed by atoms with Crippen LogP contribution in [0.15, 0.2) is 5.38 Å². The number of amides is 1. The third-order valence-corrected chi connectivity index (χ3v) is 2.77. The predicted octanol–water partition coefficient (Wildman–Crippen LogP) is -0.176. The highest BCUT2D eigenvalue weighted by molar-refractivity contribution is 7.09. The first-order valence-corrected chi connectivity index (χ1v) is 6.09. The normalized spacial score (nSPS) is 10.0. The largest absolute Gasteiger partial charge is 0.465 e. The minimum absolute atomic E-state index is 0.111. The summed E-state index contributed by atoms with van der Waals surface area (Å²) >= 11 is 1.42. The quantitative estimate of drug-likeness (QED) is 0.690. The number of rotatable bonds is 6. The smallest absolute Gasteiger partial charge is 0.325 e. The van der Waals surface area contributed by atoms with Gasteiger partial charge in [0.25, 0.3) is 0 Å². The zero-order valence-corrected chi connectivity index (χ0v) is 10.4. The Bertz CT molecular complexity index is 392. The molecule has 0 aromatic carbocycles. The molecule has 0 saturated heterocycles. The number of nitrogens with one attached hydrogen (secondary N) is 1. The number of nitrogens with zero attached hydrogens (tertiary/aromatic N) is 1. The Kier molecular flexibility index (Phi) is 5.58. The fourth-order valence-corrected chi connectivity index (χ4v) is 1.81. The van der Waals surface area contributed by atoms with Crippen LogP contribution in [-0.2, 0) is 27.3 Å². The van der Waals surface area contributed by atoms with Crippen molar-refractivity contribution < 1.29 is 14.3 Å². The summed E-state index contributed by atoms with van der Waals surface area (Å²) in [5, 5.41) is 5.04. The lowest BCUT2D eigenvalue weighted by molar-refractivity contribution is -0.143. The number of ether oxygens (including phenoxy) is 1. The van der Waals surface area contributed by atoms with E-state index in [4.69, 9.17) is 5.73 Å². The number of thiazole rings is 1. The Hall–Kier alpha value is -1.47. The van der Waals surface area contributed by atoms with E-state index in [1.165, 1.54) is 11.3 Å². The van der Waals surface area contributed by atoms with Crippen LogP contribution in [0.5, 0.6) is 0 Å². The Morgan fingerprint density at radius 3 is 2.94 bits per heavy atom. The Balaban J connectivity index is 2.32. The van der Waals surface area contributed by atoms with Gasteiger partial charge in [-0.25, -0.2) is 4.98 Å². The van der Waals surface area contributed by atoms with Crippen molar-refractivity contribution in [1.29, 1.82) is 0 Å². The van der Waals surface area contributed by atoms with E-state index in [0.717, 1.165) is 5.01 Å². The van der Waals surface area contributed by atoms with Gasteiger partial charge in [0.2, 0.25) is 5.91 Å². The van der Waals surface area contributed by atoms with Gasteiger partial charge in [0, 0.05) is 11.9 Å². The Morgan fingerprint density at radius 1 is 1.59 bits per heavy atom. The van der Waals surface area contributed by atoms with Crippen LogP contribution in [0, 0.1) is 0 Å². The molecule has 0 radical (unpaired) electrons. The molecule has 0 aliphatic carbocycles. The maximum atomic E-state index is 11.4. The molecule has 1 rings (SSSR count). The highest BCUT2D eigenvalue weighted by Gasteiger charge is 2.09. The van der Waals surface area contributed by atoms with E-state index in [1.807, 2.05) is 0 Å². The van der Waals surface area contributed by atoms with Crippen molar-refractivity contribution in [3.8, 4) is 0 Å². The van der Waals surface area contributed by atoms with E-state index in [2.05, 4.69) is 15.0 Å². The molecule has 0 atom stereocenters. The fourth-order valence-electron chi connectivity index (χ4n) is 1.13. The summed E-state index contributed by atoms with van der Waals surface area (Å²) in [6.45, 7) is 2.28. The third-order valence-electron chi connectivity index (χ3n) is 1.85. The molecule has 1 heterocycles. The summed E-state index contributed by atoms with van der Waals surface area (Å²) in [7, 11) is 0. The van der Waals surface area contributed by atoms with Crippen molar-refractivity contribution in [2.45, 2.75) is 19.9 Å². The van der Waals surface area contributed by atoms with E-state index in [-0.39, 0.29) is 18.9 Å². The number of nitrogens with two attached hydrogens (primary N) is 1. The molecule has 0 bridgehead atoms. The third kappa shape index (κ3) is 4.92. The van der Waals surface area contributed by atoms with Crippen molar-refractivity contribution in [3.05, 3.63) is 16.1 Å². The van der Waals surface area contributed by atoms with Crippen LogP contribution < -0.4 is 11.1 Å². The summed E-state index contributed by atoms with van der Waals surface area (Å²) < 4.78 is 4.68. The second kappa shape index (κ2) is 6.97. The minimum atomic E-state index is -0.443. The maximum absolute atomic E-state index is 11.4. The number of aromatic nitrogens is 1. The average Bonchev–Trinajstić information content (AvgIpc) is 2.74. The maximum Gasteiger partial charge on any atom is 0.325 e. The van der Waals surface area contributed by atoms with E-state index in [1.54, 1.807) is 12.3 Å². The number of carbonyl (C=O) groups is 2. The molecule has 0 fully saturated rings. The summed E-state index contributed by atoms with van der Waals surface area (Å²) in [4.78, 5) is 26.6. The summed E-state index contributed by atoms with van der Waals surface area (Å²) in [6.07, 6.45) is 0.149. The van der Waals surface area contributed by atoms with Gasteiger partial charge in [-0.2, -0.15) is 0 Å². The molecule has 3 N–H and O–H groups in total. The van der Waals surface area contributed by atoms with Crippen molar-refractivity contribution in [1.82, 2.24) is 10.3 Å². The Morgan fingerprint density at radius 2 is 2.35 bits per heavy atom. The monoisotopic (exact) mass is 257 g/mol. The first-order valence-electron chi connectivity index (χ1n) is 5.21. The molecule has 17 heavy (non-hydrogen) atoms. The predicted molar refractivity (Wildman–Crippen MR) is 63.4 cm³/mol. The van der Waals surface area contributed by atoms with Gasteiger partial charge in [-0.05, 0) is 6.92 Å². The van der Waals surface area contributed by atoms with Gasteiger partial charge in [-0.15, -0.1) is 11.3 Å². The van der Waals surface area contributed by atoms with Crippen LogP contribution in [0.2, 0.25) is 0 Å². The summed E-state index contributed by atoms with van der Waals surface area (Å²) in [5.74, 6) is -0.700. The zero-order chi connectivity index (χ0) is 12.7. The number of hydrogen-bond donors (Lipinski definition) is 2. The van der Waals surface area contributed by atoms with Gasteiger partial charge in [0.1, 0.15) is 11.6 Å². The lowest BCUT2D eigenvalue weighted by Crippen LogP contribution is -2.31. The lowest BCUT2D eigenvalue weighted by atomic mass is 10.3. The van der Waals surface area contributed by atoms with E-state index in [0.29, 0.717) is 18.8 Å². The molecule has 0 aliphatic rings. The molecular weight excluding hydrogens is 242 g/mol. The molecule has 0 unspecified atom stereocenters. The minimum Gasteiger partial charge on any atom is -0.465 e.